The molecular formula is C44H51N5O15. The molecule has 7 rings (SSSR count). The molecule has 1 fully saturated rings. The Balaban J connectivity index is 0.969. The molecule has 6 atom stereocenters. The number of aliphatic hydroxyl groups is 4. The molecule has 0 saturated carbocycles. The van der Waals surface area contributed by atoms with Gasteiger partial charge in [0, 0.05) is 55.3 Å². The number of aromatic nitrogens is 2. The summed E-state index contributed by atoms with van der Waals surface area (Å²) in [4.78, 5) is 71.2. The highest BCUT2D eigenvalue weighted by molar-refractivity contribution is 5.92. The van der Waals surface area contributed by atoms with Crippen LogP contribution >= 0.6 is 0 Å². The van der Waals surface area contributed by atoms with Gasteiger partial charge in [-0.3, -0.25) is 9.78 Å². The molecule has 20 nitrogen and oxygen atoms in total. The van der Waals surface area contributed by atoms with Crippen molar-refractivity contribution in [3.63, 3.8) is 0 Å². The quantitative estimate of drug-likeness (QED) is 0.0927. The molecule has 0 bridgehead atoms. The van der Waals surface area contributed by atoms with Gasteiger partial charge >= 0.3 is 24.1 Å². The zero-order valence-corrected chi connectivity index (χ0v) is 36.1. The van der Waals surface area contributed by atoms with Gasteiger partial charge in [0.15, 0.2) is 17.5 Å². The number of nitrogens with one attached hydrogen (secondary N) is 1. The SMILES string of the molecule is CCc1c(OC(=O)N(C)CCN(C)C(=O)OCc2ccc(O[C@@H]3O[C@H](C(=O)O)[C@@H](O)[C@H](O)[C@H]3O)c(NC(C)C)c2)cnc2cc3c(cc12)Cn1c-3cc2c(c1=O)COC(=O)[C@]2(O)CC. The monoisotopic (exact) mass is 889 g/mol. The van der Waals surface area contributed by atoms with Gasteiger partial charge in [0.1, 0.15) is 37.3 Å². The summed E-state index contributed by atoms with van der Waals surface area (Å²) in [5, 5.41) is 55.1. The zero-order valence-electron chi connectivity index (χ0n) is 36.1. The smallest absolute Gasteiger partial charge is 0.415 e. The number of benzene rings is 2. The number of hydrogen-bond donors (Lipinski definition) is 6. The minimum atomic E-state index is -1.93. The normalized spacial score (nSPS) is 22.2. The Bertz CT molecular complexity index is 2560. The molecule has 0 spiro atoms. The second-order valence-corrected chi connectivity index (χ2v) is 16.3. The Morgan fingerprint density at radius 1 is 0.984 bits per heavy atom. The average molecular weight is 890 g/mol. The number of carboxylic acid groups (broad SMARTS) is 1. The summed E-state index contributed by atoms with van der Waals surface area (Å²) >= 11 is 0. The molecule has 4 aromatic rings. The molecule has 6 N–H and O–H groups in total. The van der Waals surface area contributed by atoms with E-state index in [0.717, 1.165) is 16.5 Å². The fraction of sp³-hybridized carbons (Fsp3) is 0.455. The van der Waals surface area contributed by atoms with E-state index < -0.39 is 60.4 Å². The first kappa shape index (κ1) is 45.7. The van der Waals surface area contributed by atoms with Crippen LogP contribution in [0.3, 0.4) is 0 Å². The van der Waals surface area contributed by atoms with Crippen LogP contribution in [0.15, 0.2) is 47.4 Å². The van der Waals surface area contributed by atoms with Crippen molar-refractivity contribution in [1.29, 1.82) is 0 Å². The van der Waals surface area contributed by atoms with E-state index in [1.54, 1.807) is 29.7 Å². The Hall–Kier alpha value is -6.32. The number of hydrogen-bond acceptors (Lipinski definition) is 16. The molecule has 5 heterocycles. The molecule has 0 unspecified atom stereocenters. The second-order valence-electron chi connectivity index (χ2n) is 16.3. The number of amides is 2. The first-order valence-electron chi connectivity index (χ1n) is 20.8. The van der Waals surface area contributed by atoms with Gasteiger partial charge < -0.3 is 68.9 Å². The van der Waals surface area contributed by atoms with Crippen LogP contribution in [-0.4, -0.2) is 133 Å². The predicted octanol–water partition coefficient (Wildman–Crippen LogP) is 2.43. The molecule has 2 amide bonds. The Kier molecular flexibility index (Phi) is 12.9. The minimum Gasteiger partial charge on any atom is -0.479 e. The van der Waals surface area contributed by atoms with Crippen molar-refractivity contribution in [3.8, 4) is 22.8 Å². The lowest BCUT2D eigenvalue weighted by molar-refractivity contribution is -0.271. The Morgan fingerprint density at radius 2 is 1.70 bits per heavy atom. The molecule has 3 aliphatic rings. The van der Waals surface area contributed by atoms with Crippen LogP contribution in [0.25, 0.3) is 22.2 Å². The van der Waals surface area contributed by atoms with Crippen LogP contribution in [0.2, 0.25) is 0 Å². The fourth-order valence-corrected chi connectivity index (χ4v) is 7.97. The van der Waals surface area contributed by atoms with E-state index in [0.29, 0.717) is 34.4 Å². The van der Waals surface area contributed by atoms with Crippen LogP contribution in [-0.2, 0) is 55.6 Å². The molecule has 3 aliphatic heterocycles. The lowest BCUT2D eigenvalue weighted by Crippen LogP contribution is -2.61. The number of rotatable bonds is 13. The van der Waals surface area contributed by atoms with E-state index in [2.05, 4.69) is 10.3 Å². The van der Waals surface area contributed by atoms with Crippen molar-refractivity contribution < 1.29 is 68.4 Å². The standard InChI is InChI=1S/C44H51N5O15/c1-7-24-26-14-23-18-49-31(16-28-27(38(49)53)20-60-41(56)44(28,59)8-2)25(23)15-29(26)45-17-33(24)63-43(58)48(6)12-11-47(5)42(57)61-19-22-9-10-32(30(13-22)46-21(3)4)62-40-36(52)34(50)35(51)37(64-40)39(54)55/h9-10,13-17,21,34-37,40,46,50-52,59H,7-8,11-12,18-20H2,1-6H3,(H,54,55)/t34-,35-,36+,37-,40+,44-/m0/s1. The molecule has 20 heteroatoms. The molecule has 0 radical (unpaired) electrons. The Labute approximate surface area is 366 Å². The van der Waals surface area contributed by atoms with Crippen LogP contribution in [0.1, 0.15) is 61.9 Å². The summed E-state index contributed by atoms with van der Waals surface area (Å²) in [6.07, 6.45) is -8.35. The van der Waals surface area contributed by atoms with Crippen molar-refractivity contribution in [2.75, 3.05) is 32.5 Å². The summed E-state index contributed by atoms with van der Waals surface area (Å²) in [6, 6.07) is 10.0. The van der Waals surface area contributed by atoms with Crippen LogP contribution in [0, 0.1) is 0 Å². The van der Waals surface area contributed by atoms with E-state index in [4.69, 9.17) is 23.7 Å². The third-order valence-corrected chi connectivity index (χ3v) is 11.7. The summed E-state index contributed by atoms with van der Waals surface area (Å²) in [7, 11) is 3.03. The van der Waals surface area contributed by atoms with Gasteiger partial charge in [-0.2, -0.15) is 0 Å². The lowest BCUT2D eigenvalue weighted by Gasteiger charge is -2.38. The predicted molar refractivity (Wildman–Crippen MR) is 226 cm³/mol. The molecule has 1 saturated heterocycles. The van der Waals surface area contributed by atoms with Gasteiger partial charge in [-0.05, 0) is 68.1 Å². The molecular weight excluding hydrogens is 839 g/mol. The van der Waals surface area contributed by atoms with Crippen molar-refractivity contribution in [1.82, 2.24) is 19.4 Å². The maximum absolute atomic E-state index is 13.6. The molecule has 342 valence electrons. The first-order valence-corrected chi connectivity index (χ1v) is 20.8. The van der Waals surface area contributed by atoms with Gasteiger partial charge in [-0.25, -0.2) is 19.2 Å². The maximum atomic E-state index is 13.6. The van der Waals surface area contributed by atoms with Crippen molar-refractivity contribution >= 4 is 40.7 Å². The van der Waals surface area contributed by atoms with E-state index in [-0.39, 0.29) is 73.5 Å². The van der Waals surface area contributed by atoms with Gasteiger partial charge in [0.05, 0.1) is 35.2 Å². The number of fused-ring (bicyclic) bond motifs is 5. The van der Waals surface area contributed by atoms with Gasteiger partial charge in [-0.1, -0.05) is 19.9 Å². The van der Waals surface area contributed by atoms with Crippen molar-refractivity contribution in [2.45, 2.75) is 103 Å². The molecule has 2 aromatic carbocycles. The molecule has 0 aliphatic carbocycles. The maximum Gasteiger partial charge on any atom is 0.415 e. The number of ether oxygens (including phenoxy) is 5. The van der Waals surface area contributed by atoms with Gasteiger partial charge in [0.2, 0.25) is 6.29 Å². The lowest BCUT2D eigenvalue weighted by atomic mass is 9.85. The molecule has 64 heavy (non-hydrogen) atoms. The van der Waals surface area contributed by atoms with Crippen LogP contribution < -0.4 is 20.3 Å². The number of likely N-dealkylation sites (N-methyl/N-ethyl adjacent to an activating group) is 2. The van der Waals surface area contributed by atoms with Gasteiger partial charge in [-0.15, -0.1) is 0 Å². The van der Waals surface area contributed by atoms with E-state index >= 15 is 0 Å². The summed E-state index contributed by atoms with van der Waals surface area (Å²) in [5.74, 6) is -1.96. The van der Waals surface area contributed by atoms with Crippen molar-refractivity contribution in [3.05, 3.63) is 80.8 Å². The van der Waals surface area contributed by atoms with Gasteiger partial charge in [0.25, 0.3) is 5.56 Å². The Morgan fingerprint density at radius 3 is 2.38 bits per heavy atom. The second kappa shape index (κ2) is 18.0. The van der Waals surface area contributed by atoms with E-state index in [9.17, 15) is 49.5 Å². The summed E-state index contributed by atoms with van der Waals surface area (Å²) in [5.41, 5.74) is 2.55. The van der Waals surface area contributed by atoms with Crippen LogP contribution in [0.4, 0.5) is 15.3 Å². The highest BCUT2D eigenvalue weighted by Gasteiger charge is 2.48. The number of pyridine rings is 2. The van der Waals surface area contributed by atoms with Crippen LogP contribution in [0.5, 0.6) is 11.5 Å². The number of aliphatic carboxylic acids is 1. The highest BCUT2D eigenvalue weighted by atomic mass is 16.7. The van der Waals surface area contributed by atoms with E-state index in [1.165, 1.54) is 36.2 Å². The fourth-order valence-electron chi connectivity index (χ4n) is 7.97. The summed E-state index contributed by atoms with van der Waals surface area (Å²) < 4.78 is 29.1. The number of carboxylic acids is 1. The average Bonchev–Trinajstić information content (AvgIpc) is 3.63. The molecule has 2 aromatic heterocycles. The number of anilines is 1. The van der Waals surface area contributed by atoms with Crippen molar-refractivity contribution in [2.24, 2.45) is 0 Å². The topological polar surface area (TPSA) is 269 Å². The highest BCUT2D eigenvalue weighted by Crippen LogP contribution is 2.41. The number of nitrogens with zero attached hydrogens (tertiary/aromatic N) is 4. The number of carbonyl (C=O) groups is 4. The number of carbonyl (C=O) groups excluding carboxylic acids is 3. The third-order valence-electron chi connectivity index (χ3n) is 11.7. The van der Waals surface area contributed by atoms with E-state index in [1.807, 2.05) is 32.9 Å². The number of aliphatic hydroxyl groups excluding tert-OH is 3. The zero-order chi connectivity index (χ0) is 46.4. The third kappa shape index (κ3) is 8.53. The largest absolute Gasteiger partial charge is 0.479 e. The number of aryl methyl sites for hydroxylation is 1. The first-order chi connectivity index (χ1) is 30.4. The number of cyclic esters (lactones) is 1. The number of esters is 1. The minimum absolute atomic E-state index is 0.0378. The summed E-state index contributed by atoms with van der Waals surface area (Å²) in [6.45, 7) is 7.29.